The van der Waals surface area contributed by atoms with Gasteiger partial charge in [-0.15, -0.1) is 0 Å². The molecule has 0 radical (unpaired) electrons. The molecule has 0 atom stereocenters. The number of hydrogen-bond donors (Lipinski definition) is 1. The Hall–Kier alpha value is -2.82. The third-order valence-electron chi connectivity index (χ3n) is 4.79. The van der Waals surface area contributed by atoms with Crippen LogP contribution in [0.2, 0.25) is 0 Å². The smallest absolute Gasteiger partial charge is 0.251 e. The van der Waals surface area contributed by atoms with Gasteiger partial charge in [-0.05, 0) is 49.1 Å². The second-order valence-corrected chi connectivity index (χ2v) is 7.15. The number of carbonyl (C=O) groups excluding carboxylic acids is 2. The number of unbranched alkanes of at least 4 members (excludes halogenated alkanes) is 1. The van der Waals surface area contributed by atoms with Gasteiger partial charge in [0.1, 0.15) is 5.75 Å². The topological polar surface area (TPSA) is 58.6 Å². The minimum atomic E-state index is -0.246. The van der Waals surface area contributed by atoms with Crippen LogP contribution in [-0.2, 0) is 11.3 Å². The zero-order chi connectivity index (χ0) is 19.8. The lowest BCUT2D eigenvalue weighted by molar-refractivity contribution is -0.131. The highest BCUT2D eigenvalue weighted by atomic mass is 16.5. The molecule has 5 heteroatoms. The third-order valence-corrected chi connectivity index (χ3v) is 4.79. The van der Waals surface area contributed by atoms with E-state index >= 15 is 0 Å². The fraction of sp³-hybridized carbons (Fsp3) is 0.391. The van der Waals surface area contributed by atoms with E-state index in [2.05, 4.69) is 12.2 Å². The van der Waals surface area contributed by atoms with Gasteiger partial charge >= 0.3 is 0 Å². The van der Waals surface area contributed by atoms with Crippen LogP contribution in [0.3, 0.4) is 0 Å². The van der Waals surface area contributed by atoms with Gasteiger partial charge < -0.3 is 15.0 Å². The summed E-state index contributed by atoms with van der Waals surface area (Å²) in [5.74, 6) is 0.465. The van der Waals surface area contributed by atoms with Crippen LogP contribution in [0.4, 0.5) is 0 Å². The zero-order valence-electron chi connectivity index (χ0n) is 16.4. The molecule has 1 aliphatic rings. The van der Waals surface area contributed by atoms with Gasteiger partial charge in [-0.3, -0.25) is 9.59 Å². The first-order valence-electron chi connectivity index (χ1n) is 10.0. The van der Waals surface area contributed by atoms with E-state index in [4.69, 9.17) is 4.74 Å². The van der Waals surface area contributed by atoms with E-state index < -0.39 is 0 Å². The lowest BCUT2D eigenvalue weighted by atomic mass is 10.2. The van der Waals surface area contributed by atoms with Crippen molar-refractivity contribution < 1.29 is 14.3 Å². The van der Waals surface area contributed by atoms with Crippen molar-refractivity contribution in [3.05, 3.63) is 65.7 Å². The number of ether oxygens (including phenoxy) is 1. The van der Waals surface area contributed by atoms with E-state index in [9.17, 15) is 9.59 Å². The summed E-state index contributed by atoms with van der Waals surface area (Å²) in [6, 6.07) is 17.3. The van der Waals surface area contributed by atoms with Crippen LogP contribution in [-0.4, -0.2) is 35.9 Å². The van der Waals surface area contributed by atoms with E-state index in [0.29, 0.717) is 24.8 Å². The maximum Gasteiger partial charge on any atom is 0.251 e. The number of amides is 2. The predicted molar refractivity (Wildman–Crippen MR) is 109 cm³/mol. The second-order valence-electron chi connectivity index (χ2n) is 7.15. The molecule has 1 N–H and O–H groups in total. The van der Waals surface area contributed by atoms with E-state index in [-0.39, 0.29) is 18.4 Å². The molecule has 1 saturated carbocycles. The standard InChI is InChI=1S/C23H28N2O3/c1-2-3-15-28-21-13-9-19(10-14-21)23(27)24-16-22(26)25(20-11-12-20)17-18-7-5-4-6-8-18/h4-10,13-14,20H,2-3,11-12,15-17H2,1H3,(H,24,27). The fourth-order valence-electron chi connectivity index (χ4n) is 2.98. The Kier molecular flexibility index (Phi) is 7.06. The van der Waals surface area contributed by atoms with E-state index in [1.165, 1.54) is 0 Å². The molecule has 1 aliphatic carbocycles. The van der Waals surface area contributed by atoms with Crippen LogP contribution >= 0.6 is 0 Å². The molecule has 2 aromatic carbocycles. The molecule has 0 bridgehead atoms. The summed E-state index contributed by atoms with van der Waals surface area (Å²) < 4.78 is 5.61. The minimum Gasteiger partial charge on any atom is -0.494 e. The van der Waals surface area contributed by atoms with E-state index in [0.717, 1.165) is 37.0 Å². The Morgan fingerprint density at radius 3 is 2.43 bits per heavy atom. The van der Waals surface area contributed by atoms with Gasteiger partial charge in [0.15, 0.2) is 0 Å². The molecule has 3 rings (SSSR count). The number of nitrogens with one attached hydrogen (secondary N) is 1. The first kappa shape index (κ1) is 19.9. The summed E-state index contributed by atoms with van der Waals surface area (Å²) >= 11 is 0. The second kappa shape index (κ2) is 9.93. The van der Waals surface area contributed by atoms with Crippen molar-refractivity contribution in [1.29, 1.82) is 0 Å². The normalized spacial score (nSPS) is 13.0. The fourth-order valence-corrected chi connectivity index (χ4v) is 2.98. The monoisotopic (exact) mass is 380 g/mol. The Balaban J connectivity index is 1.50. The Labute approximate surface area is 166 Å². The molecule has 2 amide bonds. The summed E-state index contributed by atoms with van der Waals surface area (Å²) in [5.41, 5.74) is 1.63. The molecule has 1 fully saturated rings. The van der Waals surface area contributed by atoms with Crippen LogP contribution in [0.15, 0.2) is 54.6 Å². The largest absolute Gasteiger partial charge is 0.494 e. The molecule has 0 saturated heterocycles. The lowest BCUT2D eigenvalue weighted by Crippen LogP contribution is -2.41. The highest BCUT2D eigenvalue weighted by Crippen LogP contribution is 2.28. The molecule has 5 nitrogen and oxygen atoms in total. The van der Waals surface area contributed by atoms with Crippen LogP contribution < -0.4 is 10.1 Å². The van der Waals surface area contributed by atoms with Gasteiger partial charge in [0.05, 0.1) is 13.2 Å². The highest BCUT2D eigenvalue weighted by Gasteiger charge is 2.32. The summed E-state index contributed by atoms with van der Waals surface area (Å²) in [4.78, 5) is 26.9. The molecule has 28 heavy (non-hydrogen) atoms. The zero-order valence-corrected chi connectivity index (χ0v) is 16.4. The van der Waals surface area contributed by atoms with Gasteiger partial charge in [-0.1, -0.05) is 43.7 Å². The quantitative estimate of drug-likeness (QED) is 0.638. The molecule has 0 aromatic heterocycles. The van der Waals surface area contributed by atoms with Crippen molar-refractivity contribution >= 4 is 11.8 Å². The van der Waals surface area contributed by atoms with Crippen molar-refractivity contribution in [2.75, 3.05) is 13.2 Å². The average molecular weight is 380 g/mol. The summed E-state index contributed by atoms with van der Waals surface area (Å²) in [6.07, 6.45) is 4.15. The average Bonchev–Trinajstić information content (AvgIpc) is 3.56. The molecule has 0 heterocycles. The summed E-state index contributed by atoms with van der Waals surface area (Å²) in [5, 5.41) is 2.75. The SMILES string of the molecule is CCCCOc1ccc(C(=O)NCC(=O)N(Cc2ccccc2)C2CC2)cc1. The first-order chi connectivity index (χ1) is 13.7. The van der Waals surface area contributed by atoms with Crippen LogP contribution in [0.25, 0.3) is 0 Å². The summed E-state index contributed by atoms with van der Waals surface area (Å²) in [7, 11) is 0. The maximum absolute atomic E-state index is 12.7. The predicted octanol–water partition coefficient (Wildman–Crippen LogP) is 3.79. The number of rotatable bonds is 10. The highest BCUT2D eigenvalue weighted by molar-refractivity contribution is 5.96. The molecule has 2 aromatic rings. The van der Waals surface area contributed by atoms with E-state index in [1.54, 1.807) is 24.3 Å². The van der Waals surface area contributed by atoms with Gasteiger partial charge in [0.25, 0.3) is 5.91 Å². The van der Waals surface area contributed by atoms with Crippen molar-refractivity contribution in [1.82, 2.24) is 10.2 Å². The van der Waals surface area contributed by atoms with Crippen LogP contribution in [0.5, 0.6) is 5.75 Å². The van der Waals surface area contributed by atoms with Gasteiger partial charge in [-0.25, -0.2) is 0 Å². The van der Waals surface area contributed by atoms with Crippen molar-refractivity contribution in [3.63, 3.8) is 0 Å². The summed E-state index contributed by atoms with van der Waals surface area (Å²) in [6.45, 7) is 3.39. The molecule has 0 spiro atoms. The number of nitrogens with zero attached hydrogens (tertiary/aromatic N) is 1. The van der Waals surface area contributed by atoms with Crippen molar-refractivity contribution in [3.8, 4) is 5.75 Å². The third kappa shape index (κ3) is 5.84. The van der Waals surface area contributed by atoms with Gasteiger partial charge in [0.2, 0.25) is 5.91 Å². The van der Waals surface area contributed by atoms with Gasteiger partial charge in [-0.2, -0.15) is 0 Å². The minimum absolute atomic E-state index is 0.0108. The maximum atomic E-state index is 12.7. The lowest BCUT2D eigenvalue weighted by Gasteiger charge is -2.23. The number of benzene rings is 2. The Bertz CT molecular complexity index is 770. The molecular formula is C23H28N2O3. The van der Waals surface area contributed by atoms with Gasteiger partial charge in [0, 0.05) is 18.2 Å². The molecule has 148 valence electrons. The van der Waals surface area contributed by atoms with Crippen molar-refractivity contribution in [2.45, 2.75) is 45.2 Å². The molecular weight excluding hydrogens is 352 g/mol. The molecule has 0 aliphatic heterocycles. The number of carbonyl (C=O) groups is 2. The van der Waals surface area contributed by atoms with E-state index in [1.807, 2.05) is 35.2 Å². The van der Waals surface area contributed by atoms with Crippen molar-refractivity contribution in [2.24, 2.45) is 0 Å². The van der Waals surface area contributed by atoms with Crippen LogP contribution in [0, 0.1) is 0 Å². The molecule has 0 unspecified atom stereocenters. The Morgan fingerprint density at radius 1 is 1.07 bits per heavy atom. The number of hydrogen-bond acceptors (Lipinski definition) is 3. The first-order valence-corrected chi connectivity index (χ1v) is 10.0. The Morgan fingerprint density at radius 2 is 1.79 bits per heavy atom. The van der Waals surface area contributed by atoms with Crippen LogP contribution in [0.1, 0.15) is 48.5 Å².